The fourth-order valence-electron chi connectivity index (χ4n) is 2.67. The molecule has 4 nitrogen and oxygen atoms in total. The van der Waals surface area contributed by atoms with E-state index in [9.17, 15) is 4.79 Å². The molecule has 0 atom stereocenters. The number of nitrogens with two attached hydrogens (primary N) is 1. The van der Waals surface area contributed by atoms with Crippen molar-refractivity contribution in [2.75, 3.05) is 5.32 Å². The summed E-state index contributed by atoms with van der Waals surface area (Å²) in [7, 11) is 0. The van der Waals surface area contributed by atoms with Gasteiger partial charge in [0.25, 0.3) is 0 Å². The molecule has 2 rings (SSSR count). The molecule has 1 aliphatic carbocycles. The van der Waals surface area contributed by atoms with Gasteiger partial charge in [0.15, 0.2) is 0 Å². The van der Waals surface area contributed by atoms with Crippen molar-refractivity contribution < 1.29 is 4.79 Å². The third-order valence-corrected chi connectivity index (χ3v) is 4.09. The molecule has 0 bridgehead atoms. The van der Waals surface area contributed by atoms with E-state index >= 15 is 0 Å². The van der Waals surface area contributed by atoms with E-state index in [1.165, 1.54) is 12.8 Å². The highest BCUT2D eigenvalue weighted by atomic mass is 16.2. The second kappa shape index (κ2) is 6.27. The molecule has 0 radical (unpaired) electrons. The van der Waals surface area contributed by atoms with Crippen LogP contribution < -0.4 is 16.4 Å². The van der Waals surface area contributed by atoms with E-state index in [1.54, 1.807) is 0 Å². The lowest BCUT2D eigenvalue weighted by Crippen LogP contribution is -2.41. The highest BCUT2D eigenvalue weighted by Gasteiger charge is 2.27. The molecule has 0 saturated heterocycles. The quantitative estimate of drug-likeness (QED) is 0.792. The molecule has 1 aromatic rings. The van der Waals surface area contributed by atoms with Gasteiger partial charge in [-0.1, -0.05) is 26.0 Å². The van der Waals surface area contributed by atoms with Gasteiger partial charge in [-0.3, -0.25) is 0 Å². The lowest BCUT2D eigenvalue weighted by Gasteiger charge is -2.34. The predicted molar refractivity (Wildman–Crippen MR) is 82.5 cm³/mol. The molecule has 1 saturated carbocycles. The minimum atomic E-state index is -0.121. The second-order valence-electron chi connectivity index (χ2n) is 6.44. The molecule has 0 spiro atoms. The van der Waals surface area contributed by atoms with E-state index in [0.717, 1.165) is 24.1 Å². The number of carbonyl (C=O) groups excluding carboxylic acids is 1. The van der Waals surface area contributed by atoms with E-state index in [1.807, 2.05) is 24.3 Å². The van der Waals surface area contributed by atoms with Crippen LogP contribution in [0.3, 0.4) is 0 Å². The fraction of sp³-hybridized carbons (Fsp3) is 0.562. The predicted octanol–water partition coefficient (Wildman–Crippen LogP) is 3.24. The average molecular weight is 275 g/mol. The van der Waals surface area contributed by atoms with E-state index in [0.29, 0.717) is 18.0 Å². The van der Waals surface area contributed by atoms with Gasteiger partial charge in [-0.25, -0.2) is 4.79 Å². The maximum absolute atomic E-state index is 12.0. The molecule has 110 valence electrons. The Hall–Kier alpha value is -1.55. The zero-order valence-corrected chi connectivity index (χ0v) is 12.4. The molecular formula is C16H25N3O. The van der Waals surface area contributed by atoms with Gasteiger partial charge in [0.1, 0.15) is 0 Å². The van der Waals surface area contributed by atoms with Crippen LogP contribution in [0, 0.1) is 5.41 Å². The summed E-state index contributed by atoms with van der Waals surface area (Å²) in [6.07, 6.45) is 4.45. The van der Waals surface area contributed by atoms with Crippen molar-refractivity contribution in [1.29, 1.82) is 0 Å². The highest BCUT2D eigenvalue weighted by Crippen LogP contribution is 2.34. The monoisotopic (exact) mass is 275 g/mol. The van der Waals surface area contributed by atoms with Crippen molar-refractivity contribution in [2.45, 2.75) is 52.1 Å². The van der Waals surface area contributed by atoms with Gasteiger partial charge in [0.05, 0.1) is 0 Å². The molecule has 0 unspecified atom stereocenters. The zero-order valence-electron chi connectivity index (χ0n) is 12.4. The number of anilines is 1. The lowest BCUT2D eigenvalue weighted by molar-refractivity contribution is 0.202. The first-order valence-corrected chi connectivity index (χ1v) is 7.35. The van der Waals surface area contributed by atoms with Gasteiger partial charge in [-0.05, 0) is 48.8 Å². The molecule has 20 heavy (non-hydrogen) atoms. The van der Waals surface area contributed by atoms with Crippen LogP contribution in [0.15, 0.2) is 24.3 Å². The number of rotatable bonds is 3. The standard InChI is InChI=1S/C16H25N3O/c1-16(2)8-6-13(7-9-16)18-15(20)19-14-5-3-4-12(10-14)11-17/h3-5,10,13H,6-9,11,17H2,1-2H3,(H2,18,19,20). The summed E-state index contributed by atoms with van der Waals surface area (Å²) in [4.78, 5) is 12.0. The van der Waals surface area contributed by atoms with Crippen LogP contribution in [-0.2, 0) is 6.54 Å². The molecular weight excluding hydrogens is 250 g/mol. The first kappa shape index (κ1) is 14.9. The third-order valence-electron chi connectivity index (χ3n) is 4.09. The smallest absolute Gasteiger partial charge is 0.319 e. The largest absolute Gasteiger partial charge is 0.335 e. The summed E-state index contributed by atoms with van der Waals surface area (Å²) < 4.78 is 0. The summed E-state index contributed by atoms with van der Waals surface area (Å²) in [5, 5.41) is 5.94. The summed E-state index contributed by atoms with van der Waals surface area (Å²) in [5.74, 6) is 0. The van der Waals surface area contributed by atoms with Crippen molar-refractivity contribution in [1.82, 2.24) is 5.32 Å². The summed E-state index contributed by atoms with van der Waals surface area (Å²) in [5.41, 5.74) is 7.83. The zero-order chi connectivity index (χ0) is 14.6. The van der Waals surface area contributed by atoms with Crippen molar-refractivity contribution in [3.63, 3.8) is 0 Å². The molecule has 0 heterocycles. The van der Waals surface area contributed by atoms with Gasteiger partial charge in [0, 0.05) is 18.3 Å². The molecule has 1 aliphatic rings. The molecule has 1 aromatic carbocycles. The second-order valence-corrected chi connectivity index (χ2v) is 6.44. The summed E-state index contributed by atoms with van der Waals surface area (Å²) in [6, 6.07) is 7.81. The van der Waals surface area contributed by atoms with Crippen LogP contribution in [-0.4, -0.2) is 12.1 Å². The van der Waals surface area contributed by atoms with Crippen LogP contribution in [0.5, 0.6) is 0 Å². The number of nitrogens with one attached hydrogen (secondary N) is 2. The molecule has 0 aliphatic heterocycles. The van der Waals surface area contributed by atoms with Crippen LogP contribution in [0.1, 0.15) is 45.1 Å². The summed E-state index contributed by atoms with van der Waals surface area (Å²) in [6.45, 7) is 5.07. The minimum Gasteiger partial charge on any atom is -0.335 e. The Balaban J connectivity index is 1.83. The Kier molecular flexibility index (Phi) is 4.65. The highest BCUT2D eigenvalue weighted by molar-refractivity contribution is 5.89. The lowest BCUT2D eigenvalue weighted by atomic mass is 9.76. The van der Waals surface area contributed by atoms with E-state index < -0.39 is 0 Å². The number of hydrogen-bond donors (Lipinski definition) is 3. The van der Waals surface area contributed by atoms with E-state index in [-0.39, 0.29) is 6.03 Å². The Morgan fingerprint density at radius 3 is 2.70 bits per heavy atom. The number of amides is 2. The van der Waals surface area contributed by atoms with E-state index in [2.05, 4.69) is 24.5 Å². The molecule has 0 aromatic heterocycles. The number of urea groups is 1. The number of hydrogen-bond acceptors (Lipinski definition) is 2. The van der Waals surface area contributed by atoms with Crippen LogP contribution >= 0.6 is 0 Å². The number of benzene rings is 1. The average Bonchev–Trinajstić information content (AvgIpc) is 2.41. The van der Waals surface area contributed by atoms with Crippen LogP contribution in [0.4, 0.5) is 10.5 Å². The van der Waals surface area contributed by atoms with Crippen molar-refractivity contribution in [3.05, 3.63) is 29.8 Å². The molecule has 4 N–H and O–H groups in total. The van der Waals surface area contributed by atoms with E-state index in [4.69, 9.17) is 5.73 Å². The molecule has 2 amide bonds. The van der Waals surface area contributed by atoms with Crippen LogP contribution in [0.25, 0.3) is 0 Å². The Bertz CT molecular complexity index is 461. The SMILES string of the molecule is CC1(C)CCC(NC(=O)Nc2cccc(CN)c2)CC1. The Labute approximate surface area is 121 Å². The first-order valence-electron chi connectivity index (χ1n) is 7.35. The van der Waals surface area contributed by atoms with Crippen molar-refractivity contribution >= 4 is 11.7 Å². The normalized spacial score (nSPS) is 18.6. The van der Waals surface area contributed by atoms with Gasteiger partial charge in [-0.2, -0.15) is 0 Å². The van der Waals surface area contributed by atoms with Crippen molar-refractivity contribution in [3.8, 4) is 0 Å². The van der Waals surface area contributed by atoms with Gasteiger partial charge in [-0.15, -0.1) is 0 Å². The Morgan fingerprint density at radius 1 is 1.35 bits per heavy atom. The summed E-state index contributed by atoms with van der Waals surface area (Å²) >= 11 is 0. The molecule has 4 heteroatoms. The maximum Gasteiger partial charge on any atom is 0.319 e. The number of carbonyl (C=O) groups is 1. The minimum absolute atomic E-state index is 0.121. The topological polar surface area (TPSA) is 67.2 Å². The van der Waals surface area contributed by atoms with Crippen molar-refractivity contribution in [2.24, 2.45) is 11.1 Å². The van der Waals surface area contributed by atoms with Crippen LogP contribution in [0.2, 0.25) is 0 Å². The molecule has 1 fully saturated rings. The van der Waals surface area contributed by atoms with Gasteiger partial charge < -0.3 is 16.4 Å². The maximum atomic E-state index is 12.0. The van der Waals surface area contributed by atoms with Gasteiger partial charge in [0.2, 0.25) is 0 Å². The van der Waals surface area contributed by atoms with Gasteiger partial charge >= 0.3 is 6.03 Å². The third kappa shape index (κ3) is 4.23. The fourth-order valence-corrected chi connectivity index (χ4v) is 2.67. The Morgan fingerprint density at radius 2 is 2.05 bits per heavy atom. The first-order chi connectivity index (χ1) is 9.48.